The lowest BCUT2D eigenvalue weighted by Gasteiger charge is -2.09. The minimum atomic E-state index is -0.740. The van der Waals surface area contributed by atoms with Crippen LogP contribution in [0.1, 0.15) is 12.5 Å². The van der Waals surface area contributed by atoms with Crippen LogP contribution < -0.4 is 5.32 Å². The van der Waals surface area contributed by atoms with Crippen molar-refractivity contribution in [1.29, 1.82) is 0 Å². The van der Waals surface area contributed by atoms with Gasteiger partial charge in [0.05, 0.1) is 7.11 Å². The van der Waals surface area contributed by atoms with Gasteiger partial charge in [0.25, 0.3) is 0 Å². The lowest BCUT2D eigenvalue weighted by molar-refractivity contribution is -0.144. The SMILES string of the molecule is COC(=O)[C@H](C)NC(=O)/C=C\c1ccc(O)c(O)c1. The molecule has 6 nitrogen and oxygen atoms in total. The molecule has 0 aliphatic rings. The quantitative estimate of drug-likeness (QED) is 0.425. The molecule has 102 valence electrons. The molecule has 6 heteroatoms. The number of hydrogen-bond donors (Lipinski definition) is 3. The van der Waals surface area contributed by atoms with E-state index < -0.39 is 17.9 Å². The fourth-order valence-electron chi connectivity index (χ4n) is 1.31. The number of methoxy groups -OCH3 is 1. The second-order valence-corrected chi connectivity index (χ2v) is 3.83. The molecule has 0 saturated carbocycles. The highest BCUT2D eigenvalue weighted by Crippen LogP contribution is 2.25. The number of nitrogens with one attached hydrogen (secondary N) is 1. The number of carbonyl (C=O) groups excluding carboxylic acids is 2. The Morgan fingerprint density at radius 3 is 2.58 bits per heavy atom. The van der Waals surface area contributed by atoms with E-state index in [1.807, 2.05) is 0 Å². The third-order valence-corrected chi connectivity index (χ3v) is 2.34. The van der Waals surface area contributed by atoms with Gasteiger partial charge in [-0.1, -0.05) is 6.07 Å². The van der Waals surface area contributed by atoms with Crippen LogP contribution in [-0.4, -0.2) is 35.2 Å². The van der Waals surface area contributed by atoms with Crippen molar-refractivity contribution in [2.24, 2.45) is 0 Å². The van der Waals surface area contributed by atoms with Crippen molar-refractivity contribution >= 4 is 18.0 Å². The van der Waals surface area contributed by atoms with E-state index in [0.717, 1.165) is 0 Å². The first-order valence-corrected chi connectivity index (χ1v) is 5.52. The van der Waals surface area contributed by atoms with Gasteiger partial charge in [-0.2, -0.15) is 0 Å². The fraction of sp³-hybridized carbons (Fsp3) is 0.231. The topological polar surface area (TPSA) is 95.9 Å². The van der Waals surface area contributed by atoms with E-state index in [1.165, 1.54) is 44.4 Å². The molecule has 0 fully saturated rings. The van der Waals surface area contributed by atoms with Gasteiger partial charge in [-0.3, -0.25) is 4.79 Å². The Balaban J connectivity index is 2.63. The highest BCUT2D eigenvalue weighted by molar-refractivity contribution is 5.94. The van der Waals surface area contributed by atoms with Gasteiger partial charge in [0.1, 0.15) is 6.04 Å². The molecule has 0 aliphatic heterocycles. The molecular formula is C13H15NO5. The van der Waals surface area contributed by atoms with Crippen LogP contribution in [0.4, 0.5) is 0 Å². The second-order valence-electron chi connectivity index (χ2n) is 3.83. The third-order valence-electron chi connectivity index (χ3n) is 2.34. The molecule has 19 heavy (non-hydrogen) atoms. The van der Waals surface area contributed by atoms with Crippen molar-refractivity contribution in [3.63, 3.8) is 0 Å². The number of rotatable bonds is 4. The number of amides is 1. The van der Waals surface area contributed by atoms with Crippen molar-refractivity contribution in [1.82, 2.24) is 5.32 Å². The molecule has 1 amide bonds. The van der Waals surface area contributed by atoms with Crippen LogP contribution in [0.15, 0.2) is 24.3 Å². The molecule has 0 aliphatic carbocycles. The van der Waals surface area contributed by atoms with Crippen molar-refractivity contribution in [2.45, 2.75) is 13.0 Å². The molecule has 0 radical (unpaired) electrons. The molecule has 1 rings (SSSR count). The van der Waals surface area contributed by atoms with Gasteiger partial charge in [-0.05, 0) is 30.7 Å². The zero-order valence-corrected chi connectivity index (χ0v) is 10.6. The number of phenolic OH excluding ortho intramolecular Hbond substituents is 2. The Morgan fingerprint density at radius 2 is 2.00 bits per heavy atom. The van der Waals surface area contributed by atoms with Crippen LogP contribution in [0.5, 0.6) is 11.5 Å². The molecule has 0 unspecified atom stereocenters. The predicted octanol–water partition coefficient (Wildman–Crippen LogP) is 0.789. The smallest absolute Gasteiger partial charge is 0.328 e. The van der Waals surface area contributed by atoms with Crippen LogP contribution in [-0.2, 0) is 14.3 Å². The summed E-state index contributed by atoms with van der Waals surface area (Å²) in [6.07, 6.45) is 2.66. The molecule has 3 N–H and O–H groups in total. The summed E-state index contributed by atoms with van der Waals surface area (Å²) in [4.78, 5) is 22.6. The van der Waals surface area contributed by atoms with Gasteiger partial charge >= 0.3 is 5.97 Å². The average Bonchev–Trinajstić information content (AvgIpc) is 2.39. The van der Waals surface area contributed by atoms with Gasteiger partial charge in [0, 0.05) is 6.08 Å². The van der Waals surface area contributed by atoms with Crippen molar-refractivity contribution in [3.05, 3.63) is 29.8 Å². The Morgan fingerprint density at radius 1 is 1.32 bits per heavy atom. The minimum absolute atomic E-state index is 0.235. The minimum Gasteiger partial charge on any atom is -0.504 e. The van der Waals surface area contributed by atoms with E-state index in [0.29, 0.717) is 5.56 Å². The van der Waals surface area contributed by atoms with Crippen LogP contribution in [0.3, 0.4) is 0 Å². The van der Waals surface area contributed by atoms with Gasteiger partial charge in [0.15, 0.2) is 11.5 Å². The van der Waals surface area contributed by atoms with Gasteiger partial charge < -0.3 is 20.3 Å². The molecule has 0 saturated heterocycles. The molecule has 1 atom stereocenters. The van der Waals surface area contributed by atoms with Crippen molar-refractivity contribution in [2.75, 3.05) is 7.11 Å². The highest BCUT2D eigenvalue weighted by Gasteiger charge is 2.13. The summed E-state index contributed by atoms with van der Waals surface area (Å²) in [5.74, 6) is -1.51. The zero-order valence-electron chi connectivity index (χ0n) is 10.6. The standard InChI is InChI=1S/C13H15NO5/c1-8(13(18)19-2)14-12(17)6-4-9-3-5-10(15)11(16)7-9/h3-8,15-16H,1-2H3,(H,14,17)/b6-4-/t8-/m0/s1. The lowest BCUT2D eigenvalue weighted by atomic mass is 10.2. The Kier molecular flexibility index (Phi) is 4.93. The molecule has 1 aromatic rings. The normalized spacial score (nSPS) is 12.1. The number of hydrogen-bond acceptors (Lipinski definition) is 5. The van der Waals surface area contributed by atoms with E-state index in [9.17, 15) is 14.7 Å². The van der Waals surface area contributed by atoms with E-state index in [2.05, 4.69) is 10.1 Å². The number of aromatic hydroxyl groups is 2. The van der Waals surface area contributed by atoms with Gasteiger partial charge in [0.2, 0.25) is 5.91 Å². The average molecular weight is 265 g/mol. The maximum Gasteiger partial charge on any atom is 0.328 e. The van der Waals surface area contributed by atoms with Crippen molar-refractivity contribution < 1.29 is 24.5 Å². The molecule has 0 aromatic heterocycles. The summed E-state index contributed by atoms with van der Waals surface area (Å²) in [5.41, 5.74) is 0.538. The first-order chi connectivity index (χ1) is 8.93. The molecule has 0 bridgehead atoms. The number of carbonyl (C=O) groups is 2. The Hall–Kier alpha value is -2.50. The largest absolute Gasteiger partial charge is 0.504 e. The van der Waals surface area contributed by atoms with Crippen LogP contribution >= 0.6 is 0 Å². The van der Waals surface area contributed by atoms with E-state index in [1.54, 1.807) is 0 Å². The molecule has 1 aromatic carbocycles. The Bertz CT molecular complexity index is 510. The lowest BCUT2D eigenvalue weighted by Crippen LogP contribution is -2.38. The molecular weight excluding hydrogens is 250 g/mol. The maximum atomic E-state index is 11.5. The van der Waals surface area contributed by atoms with E-state index in [4.69, 9.17) is 5.11 Å². The highest BCUT2D eigenvalue weighted by atomic mass is 16.5. The van der Waals surface area contributed by atoms with Crippen LogP contribution in [0.25, 0.3) is 6.08 Å². The number of phenols is 2. The summed E-state index contributed by atoms with van der Waals surface area (Å²) in [7, 11) is 1.24. The fourth-order valence-corrected chi connectivity index (χ4v) is 1.31. The van der Waals surface area contributed by atoms with E-state index in [-0.39, 0.29) is 11.5 Å². The zero-order chi connectivity index (χ0) is 14.4. The third kappa shape index (κ3) is 4.34. The van der Waals surface area contributed by atoms with Crippen LogP contribution in [0, 0.1) is 0 Å². The number of esters is 1. The first kappa shape index (κ1) is 14.6. The monoisotopic (exact) mass is 265 g/mol. The summed E-state index contributed by atoms with van der Waals surface area (Å²) >= 11 is 0. The Labute approximate surface area is 110 Å². The van der Waals surface area contributed by atoms with E-state index >= 15 is 0 Å². The second kappa shape index (κ2) is 6.44. The molecule has 0 spiro atoms. The summed E-state index contributed by atoms with van der Waals surface area (Å²) in [5, 5.41) is 20.8. The van der Waals surface area contributed by atoms with Crippen molar-refractivity contribution in [3.8, 4) is 11.5 Å². The molecule has 0 heterocycles. The maximum absolute atomic E-state index is 11.5. The first-order valence-electron chi connectivity index (χ1n) is 5.52. The predicted molar refractivity (Wildman–Crippen MR) is 68.4 cm³/mol. The van der Waals surface area contributed by atoms with Crippen LogP contribution in [0.2, 0.25) is 0 Å². The summed E-state index contributed by atoms with van der Waals surface area (Å²) in [6, 6.07) is 3.41. The number of ether oxygens (including phenoxy) is 1. The summed E-state index contributed by atoms with van der Waals surface area (Å²) < 4.78 is 4.47. The number of benzene rings is 1. The summed E-state index contributed by atoms with van der Waals surface area (Å²) in [6.45, 7) is 1.50. The van der Waals surface area contributed by atoms with Gasteiger partial charge in [-0.15, -0.1) is 0 Å². The van der Waals surface area contributed by atoms with Gasteiger partial charge in [-0.25, -0.2) is 4.79 Å².